The average Bonchev–Trinajstić information content (AvgIpc) is 3.38. The minimum atomic E-state index is 0.507. The second-order valence-electron chi connectivity index (χ2n) is 5.79. The SMILES string of the molecule is O=Cc1cn[nH]c1-c1ccc(Oc2ccc(-c3[nH]ncc3C=O)cc2)cc1. The molecule has 0 radical (unpaired) electrons. The Labute approximate surface area is 154 Å². The molecule has 2 aromatic carbocycles. The van der Waals surface area contributed by atoms with Crippen molar-refractivity contribution >= 4 is 12.6 Å². The monoisotopic (exact) mass is 358 g/mol. The summed E-state index contributed by atoms with van der Waals surface area (Å²) in [6, 6.07) is 14.7. The number of ether oxygens (including phenoxy) is 1. The van der Waals surface area contributed by atoms with Gasteiger partial charge in [0.1, 0.15) is 11.5 Å². The quantitative estimate of drug-likeness (QED) is 0.509. The number of carbonyl (C=O) groups excluding carboxylic acids is 2. The van der Waals surface area contributed by atoms with Crippen LogP contribution in [0.25, 0.3) is 22.5 Å². The first kappa shape index (κ1) is 16.5. The van der Waals surface area contributed by atoms with Crippen molar-refractivity contribution in [2.45, 2.75) is 0 Å². The molecular formula is C20H14N4O3. The molecule has 0 bridgehead atoms. The third-order valence-corrected chi connectivity index (χ3v) is 4.11. The molecule has 0 fully saturated rings. The minimum absolute atomic E-state index is 0.507. The Balaban J connectivity index is 1.51. The van der Waals surface area contributed by atoms with Gasteiger partial charge in [0, 0.05) is 11.1 Å². The molecule has 2 aromatic heterocycles. The Bertz CT molecular complexity index is 991. The van der Waals surface area contributed by atoms with Crippen molar-refractivity contribution in [1.29, 1.82) is 0 Å². The fourth-order valence-electron chi connectivity index (χ4n) is 2.75. The van der Waals surface area contributed by atoms with E-state index in [-0.39, 0.29) is 0 Å². The van der Waals surface area contributed by atoms with Crippen LogP contribution in [0.2, 0.25) is 0 Å². The molecule has 132 valence electrons. The molecule has 0 atom stereocenters. The van der Waals surface area contributed by atoms with E-state index in [2.05, 4.69) is 20.4 Å². The zero-order valence-electron chi connectivity index (χ0n) is 14.0. The molecule has 27 heavy (non-hydrogen) atoms. The Morgan fingerprint density at radius 3 is 1.44 bits per heavy atom. The first-order valence-electron chi connectivity index (χ1n) is 8.14. The summed E-state index contributed by atoms with van der Waals surface area (Å²) in [5.74, 6) is 1.32. The number of benzene rings is 2. The van der Waals surface area contributed by atoms with Gasteiger partial charge in [-0.25, -0.2) is 0 Å². The summed E-state index contributed by atoms with van der Waals surface area (Å²) in [6.45, 7) is 0. The Morgan fingerprint density at radius 1 is 0.667 bits per heavy atom. The van der Waals surface area contributed by atoms with Crippen LogP contribution in [0.3, 0.4) is 0 Å². The zero-order valence-corrected chi connectivity index (χ0v) is 14.0. The molecule has 4 rings (SSSR count). The van der Waals surface area contributed by atoms with Crippen molar-refractivity contribution in [3.05, 3.63) is 72.1 Å². The highest BCUT2D eigenvalue weighted by Crippen LogP contribution is 2.28. The van der Waals surface area contributed by atoms with Crippen LogP contribution in [0.4, 0.5) is 0 Å². The van der Waals surface area contributed by atoms with Crippen LogP contribution in [0, 0.1) is 0 Å². The van der Waals surface area contributed by atoms with Crippen molar-refractivity contribution in [2.24, 2.45) is 0 Å². The van der Waals surface area contributed by atoms with Gasteiger partial charge in [0.05, 0.1) is 34.9 Å². The van der Waals surface area contributed by atoms with Gasteiger partial charge in [-0.15, -0.1) is 0 Å². The predicted molar refractivity (Wildman–Crippen MR) is 98.9 cm³/mol. The lowest BCUT2D eigenvalue weighted by atomic mass is 10.1. The first-order valence-corrected chi connectivity index (χ1v) is 8.14. The van der Waals surface area contributed by atoms with Crippen LogP contribution >= 0.6 is 0 Å². The lowest BCUT2D eigenvalue weighted by Gasteiger charge is -2.07. The van der Waals surface area contributed by atoms with Crippen molar-refractivity contribution in [3.63, 3.8) is 0 Å². The van der Waals surface area contributed by atoms with Gasteiger partial charge in [-0.05, 0) is 48.5 Å². The van der Waals surface area contributed by atoms with Gasteiger partial charge >= 0.3 is 0 Å². The molecule has 7 heteroatoms. The Kier molecular flexibility index (Phi) is 4.32. The molecule has 0 aliphatic rings. The number of hydrogen-bond acceptors (Lipinski definition) is 5. The third-order valence-electron chi connectivity index (χ3n) is 4.11. The maximum absolute atomic E-state index is 11.0. The number of aromatic amines is 2. The number of rotatable bonds is 6. The highest BCUT2D eigenvalue weighted by Gasteiger charge is 2.09. The summed E-state index contributed by atoms with van der Waals surface area (Å²) in [5, 5.41) is 13.4. The van der Waals surface area contributed by atoms with E-state index in [1.807, 2.05) is 48.5 Å². The van der Waals surface area contributed by atoms with E-state index >= 15 is 0 Å². The predicted octanol–water partition coefficient (Wildman–Crippen LogP) is 3.88. The molecule has 2 heterocycles. The lowest BCUT2D eigenvalue weighted by molar-refractivity contribution is 0.111. The topological polar surface area (TPSA) is 101 Å². The van der Waals surface area contributed by atoms with Crippen LogP contribution in [0.5, 0.6) is 11.5 Å². The minimum Gasteiger partial charge on any atom is -0.457 e. The first-order chi connectivity index (χ1) is 13.3. The second kappa shape index (κ2) is 7.09. The fraction of sp³-hybridized carbons (Fsp3) is 0. The smallest absolute Gasteiger partial charge is 0.153 e. The molecule has 4 aromatic rings. The van der Waals surface area contributed by atoms with E-state index in [1.165, 1.54) is 12.4 Å². The van der Waals surface area contributed by atoms with Crippen molar-refractivity contribution < 1.29 is 14.3 Å². The average molecular weight is 358 g/mol. The summed E-state index contributed by atoms with van der Waals surface area (Å²) in [5.41, 5.74) is 4.05. The van der Waals surface area contributed by atoms with E-state index in [0.29, 0.717) is 34.0 Å². The van der Waals surface area contributed by atoms with Gasteiger partial charge in [0.15, 0.2) is 12.6 Å². The molecule has 0 amide bonds. The van der Waals surface area contributed by atoms with Crippen molar-refractivity contribution in [3.8, 4) is 34.0 Å². The van der Waals surface area contributed by atoms with E-state index < -0.39 is 0 Å². The number of carbonyl (C=O) groups is 2. The van der Waals surface area contributed by atoms with Crippen LogP contribution in [0.15, 0.2) is 60.9 Å². The summed E-state index contributed by atoms with van der Waals surface area (Å²) < 4.78 is 5.85. The lowest BCUT2D eigenvalue weighted by Crippen LogP contribution is -1.88. The molecule has 7 nitrogen and oxygen atoms in total. The highest BCUT2D eigenvalue weighted by atomic mass is 16.5. The van der Waals surface area contributed by atoms with Gasteiger partial charge < -0.3 is 4.74 Å². The normalized spacial score (nSPS) is 10.5. The highest BCUT2D eigenvalue weighted by molar-refractivity contribution is 5.86. The van der Waals surface area contributed by atoms with E-state index in [4.69, 9.17) is 4.74 Å². The van der Waals surface area contributed by atoms with E-state index in [9.17, 15) is 9.59 Å². The van der Waals surface area contributed by atoms with Gasteiger partial charge in [0.25, 0.3) is 0 Å². The number of nitrogens with one attached hydrogen (secondary N) is 2. The summed E-state index contributed by atoms with van der Waals surface area (Å²) >= 11 is 0. The second-order valence-corrected chi connectivity index (χ2v) is 5.79. The molecule has 0 saturated heterocycles. The zero-order chi connectivity index (χ0) is 18.6. The number of aldehydes is 2. The fourth-order valence-corrected chi connectivity index (χ4v) is 2.75. The third kappa shape index (κ3) is 3.25. The number of nitrogens with zero attached hydrogens (tertiary/aromatic N) is 2. The summed E-state index contributed by atoms with van der Waals surface area (Å²) in [4.78, 5) is 22.0. The molecule has 2 N–H and O–H groups in total. The van der Waals surface area contributed by atoms with Gasteiger partial charge in [0.2, 0.25) is 0 Å². The molecular weight excluding hydrogens is 344 g/mol. The Morgan fingerprint density at radius 2 is 1.07 bits per heavy atom. The van der Waals surface area contributed by atoms with E-state index in [1.54, 1.807) is 0 Å². The molecule has 0 saturated carbocycles. The molecule has 0 unspecified atom stereocenters. The van der Waals surface area contributed by atoms with Crippen LogP contribution in [-0.2, 0) is 0 Å². The van der Waals surface area contributed by atoms with Crippen LogP contribution < -0.4 is 4.74 Å². The van der Waals surface area contributed by atoms with Gasteiger partial charge in [-0.2, -0.15) is 10.2 Å². The molecule has 0 spiro atoms. The maximum atomic E-state index is 11.0. The van der Waals surface area contributed by atoms with Crippen molar-refractivity contribution in [1.82, 2.24) is 20.4 Å². The van der Waals surface area contributed by atoms with E-state index in [0.717, 1.165) is 23.7 Å². The molecule has 0 aliphatic carbocycles. The van der Waals surface area contributed by atoms with Gasteiger partial charge in [-0.1, -0.05) is 0 Å². The maximum Gasteiger partial charge on any atom is 0.153 e. The number of aromatic nitrogens is 4. The number of H-pyrrole nitrogens is 2. The van der Waals surface area contributed by atoms with Crippen LogP contribution in [-0.4, -0.2) is 33.0 Å². The van der Waals surface area contributed by atoms with Crippen LogP contribution in [0.1, 0.15) is 20.7 Å². The van der Waals surface area contributed by atoms with Crippen molar-refractivity contribution in [2.75, 3.05) is 0 Å². The summed E-state index contributed by atoms with van der Waals surface area (Å²) in [7, 11) is 0. The molecule has 0 aliphatic heterocycles. The number of hydrogen-bond donors (Lipinski definition) is 2. The standard InChI is InChI=1S/C20H14N4O3/c25-11-15-9-21-23-19(15)13-1-5-17(6-2-13)27-18-7-3-14(4-8-18)20-16(12-26)10-22-24-20/h1-12H,(H,21,23)(H,22,24). The Hall–Kier alpha value is -4.00. The summed E-state index contributed by atoms with van der Waals surface area (Å²) in [6.07, 6.45) is 4.51. The largest absolute Gasteiger partial charge is 0.457 e. The van der Waals surface area contributed by atoms with Gasteiger partial charge in [-0.3, -0.25) is 19.8 Å².